The molecule has 3 aromatic rings. The van der Waals surface area contributed by atoms with Crippen LogP contribution < -0.4 is 5.56 Å². The van der Waals surface area contributed by atoms with Gasteiger partial charge in [0.2, 0.25) is 0 Å². The highest BCUT2D eigenvalue weighted by Crippen LogP contribution is 2.32. The van der Waals surface area contributed by atoms with E-state index >= 15 is 0 Å². The van der Waals surface area contributed by atoms with Gasteiger partial charge in [-0.25, -0.2) is 4.98 Å². The highest BCUT2D eigenvalue weighted by molar-refractivity contribution is 8.00. The molecule has 1 aliphatic rings. The molecule has 1 atom stereocenters. The fourth-order valence-corrected chi connectivity index (χ4v) is 4.40. The van der Waals surface area contributed by atoms with Crippen LogP contribution in [0.25, 0.3) is 16.6 Å². The third-order valence-corrected chi connectivity index (χ3v) is 5.85. The number of thioether (sulfide) groups is 1. The molecule has 1 heterocycles. The van der Waals surface area contributed by atoms with Crippen LogP contribution in [0.5, 0.6) is 0 Å². The predicted octanol–water partition coefficient (Wildman–Crippen LogP) is 4.25. The number of hydrogen-bond acceptors (Lipinski definition) is 4. The third kappa shape index (κ3) is 3.10. The Bertz CT molecular complexity index is 1010. The van der Waals surface area contributed by atoms with E-state index in [9.17, 15) is 9.59 Å². The molecule has 4 nitrogen and oxygen atoms in total. The molecule has 4 rings (SSSR count). The van der Waals surface area contributed by atoms with Crippen molar-refractivity contribution in [3.63, 3.8) is 0 Å². The second-order valence-corrected chi connectivity index (χ2v) is 7.60. The van der Waals surface area contributed by atoms with Crippen LogP contribution in [0.4, 0.5) is 0 Å². The van der Waals surface area contributed by atoms with Gasteiger partial charge in [0.25, 0.3) is 5.56 Å². The fraction of sp³-hybridized carbons (Fsp3) is 0.211. The van der Waals surface area contributed by atoms with Crippen LogP contribution in [-0.4, -0.2) is 20.6 Å². The minimum Gasteiger partial charge on any atom is -0.298 e. The van der Waals surface area contributed by atoms with Crippen molar-refractivity contribution in [3.8, 4) is 5.69 Å². The monoisotopic (exact) mass is 370 g/mol. The summed E-state index contributed by atoms with van der Waals surface area (Å²) in [5.74, 6) is 0.232. The molecule has 1 fully saturated rings. The molecule has 0 spiro atoms. The lowest BCUT2D eigenvalue weighted by atomic mass is 10.2. The first-order chi connectivity index (χ1) is 12.1. The quantitative estimate of drug-likeness (QED) is 0.646. The molecule has 25 heavy (non-hydrogen) atoms. The van der Waals surface area contributed by atoms with E-state index in [4.69, 9.17) is 11.6 Å². The molecule has 0 aliphatic heterocycles. The summed E-state index contributed by atoms with van der Waals surface area (Å²) in [6.45, 7) is 0. The summed E-state index contributed by atoms with van der Waals surface area (Å²) in [6.07, 6.45) is 2.33. The lowest BCUT2D eigenvalue weighted by molar-refractivity contribution is -0.116. The number of halogens is 1. The van der Waals surface area contributed by atoms with Crippen LogP contribution in [0.1, 0.15) is 19.3 Å². The van der Waals surface area contributed by atoms with Gasteiger partial charge in [0.05, 0.1) is 21.8 Å². The lowest BCUT2D eigenvalue weighted by Crippen LogP contribution is -2.23. The molecule has 1 saturated carbocycles. The van der Waals surface area contributed by atoms with Crippen LogP contribution >= 0.6 is 23.4 Å². The van der Waals surface area contributed by atoms with E-state index in [1.807, 2.05) is 18.2 Å². The Hall–Kier alpha value is -2.11. The maximum absolute atomic E-state index is 13.1. The Balaban J connectivity index is 1.92. The Kier molecular flexibility index (Phi) is 4.36. The van der Waals surface area contributed by atoms with E-state index < -0.39 is 0 Å². The number of ketones is 1. The summed E-state index contributed by atoms with van der Waals surface area (Å²) in [7, 11) is 0. The molecule has 2 aromatic carbocycles. The van der Waals surface area contributed by atoms with E-state index in [1.54, 1.807) is 34.9 Å². The summed E-state index contributed by atoms with van der Waals surface area (Å²) >= 11 is 7.36. The van der Waals surface area contributed by atoms with Crippen LogP contribution in [0.15, 0.2) is 58.5 Å². The topological polar surface area (TPSA) is 52.0 Å². The minimum atomic E-state index is -0.138. The van der Waals surface area contributed by atoms with Crippen LogP contribution in [0.3, 0.4) is 0 Å². The fourth-order valence-electron chi connectivity index (χ4n) is 3.04. The van der Waals surface area contributed by atoms with Gasteiger partial charge in [-0.3, -0.25) is 14.2 Å². The molecular formula is C19H15ClN2O2S. The van der Waals surface area contributed by atoms with E-state index in [-0.39, 0.29) is 16.6 Å². The maximum Gasteiger partial charge on any atom is 0.266 e. The summed E-state index contributed by atoms with van der Waals surface area (Å²) < 4.78 is 1.58. The number of nitrogens with zero attached hydrogens (tertiary/aromatic N) is 2. The van der Waals surface area contributed by atoms with E-state index in [0.29, 0.717) is 33.2 Å². The molecule has 1 aliphatic carbocycles. The van der Waals surface area contributed by atoms with Crippen LogP contribution in [0, 0.1) is 0 Å². The van der Waals surface area contributed by atoms with Crippen molar-refractivity contribution in [2.45, 2.75) is 29.7 Å². The zero-order chi connectivity index (χ0) is 17.4. The first-order valence-electron chi connectivity index (χ1n) is 8.10. The number of fused-ring (bicyclic) bond motifs is 1. The van der Waals surface area contributed by atoms with Crippen molar-refractivity contribution in [1.29, 1.82) is 0 Å². The first kappa shape index (κ1) is 16.4. The minimum absolute atomic E-state index is 0.133. The summed E-state index contributed by atoms with van der Waals surface area (Å²) in [5.41, 5.74) is 1.20. The largest absolute Gasteiger partial charge is 0.298 e. The predicted molar refractivity (Wildman–Crippen MR) is 101 cm³/mol. The second kappa shape index (κ2) is 6.65. The van der Waals surface area contributed by atoms with Gasteiger partial charge >= 0.3 is 0 Å². The number of hydrogen-bond donors (Lipinski definition) is 0. The van der Waals surface area contributed by atoms with Crippen molar-refractivity contribution >= 4 is 40.0 Å². The maximum atomic E-state index is 13.1. The van der Waals surface area contributed by atoms with Crippen molar-refractivity contribution < 1.29 is 4.79 Å². The van der Waals surface area contributed by atoms with Gasteiger partial charge in [0.1, 0.15) is 5.78 Å². The Morgan fingerprint density at radius 2 is 1.84 bits per heavy atom. The van der Waals surface area contributed by atoms with Gasteiger partial charge in [0.15, 0.2) is 5.16 Å². The number of carbonyl (C=O) groups excluding carboxylic acids is 1. The molecule has 126 valence electrons. The molecule has 0 saturated heterocycles. The van der Waals surface area contributed by atoms with E-state index in [2.05, 4.69) is 4.98 Å². The first-order valence-corrected chi connectivity index (χ1v) is 9.36. The molecule has 1 aromatic heterocycles. The molecule has 0 radical (unpaired) electrons. The average Bonchev–Trinajstić information content (AvgIpc) is 3.01. The van der Waals surface area contributed by atoms with Crippen molar-refractivity contribution in [2.24, 2.45) is 0 Å². The third-order valence-electron chi connectivity index (χ3n) is 4.33. The van der Waals surface area contributed by atoms with Crippen molar-refractivity contribution in [2.75, 3.05) is 0 Å². The number of Topliss-reactive ketones (excluding diaryl/α,β-unsaturated/α-hetero) is 1. The van der Waals surface area contributed by atoms with Gasteiger partial charge in [-0.15, -0.1) is 0 Å². The van der Waals surface area contributed by atoms with Gasteiger partial charge in [-0.05, 0) is 49.2 Å². The Morgan fingerprint density at radius 3 is 2.56 bits per heavy atom. The van der Waals surface area contributed by atoms with E-state index in [0.717, 1.165) is 12.8 Å². The highest BCUT2D eigenvalue weighted by atomic mass is 35.5. The molecule has 0 amide bonds. The van der Waals surface area contributed by atoms with Crippen LogP contribution in [-0.2, 0) is 4.79 Å². The van der Waals surface area contributed by atoms with Gasteiger partial charge < -0.3 is 0 Å². The van der Waals surface area contributed by atoms with Gasteiger partial charge in [-0.2, -0.15) is 0 Å². The number of aromatic nitrogens is 2. The van der Waals surface area contributed by atoms with Crippen molar-refractivity contribution in [1.82, 2.24) is 9.55 Å². The summed E-state index contributed by atoms with van der Waals surface area (Å²) in [6, 6.07) is 14.3. The molecule has 0 unspecified atom stereocenters. The zero-order valence-electron chi connectivity index (χ0n) is 13.3. The second-order valence-electron chi connectivity index (χ2n) is 5.99. The smallest absolute Gasteiger partial charge is 0.266 e. The normalized spacial score (nSPS) is 17.3. The molecule has 0 N–H and O–H groups in total. The van der Waals surface area contributed by atoms with Gasteiger partial charge in [-0.1, -0.05) is 35.5 Å². The molecule has 0 bridgehead atoms. The molecular weight excluding hydrogens is 356 g/mol. The Morgan fingerprint density at radius 1 is 1.08 bits per heavy atom. The number of para-hydroxylation sites is 1. The van der Waals surface area contributed by atoms with Gasteiger partial charge in [0, 0.05) is 11.4 Å². The zero-order valence-corrected chi connectivity index (χ0v) is 14.9. The summed E-state index contributed by atoms with van der Waals surface area (Å²) in [4.78, 5) is 29.8. The van der Waals surface area contributed by atoms with E-state index in [1.165, 1.54) is 11.8 Å². The lowest BCUT2D eigenvalue weighted by Gasteiger charge is -2.15. The standard InChI is InChI=1S/C19H15ClN2O2S/c20-12-8-10-13(11-9-12)22-18(24)14-4-1-2-5-15(14)21-19(22)25-17-7-3-6-16(17)23/h1-2,4-5,8-11,17H,3,6-7H2/t17-/m0/s1. The number of carbonyl (C=O) groups is 1. The Labute approximate surface area is 153 Å². The van der Waals surface area contributed by atoms with Crippen LogP contribution in [0.2, 0.25) is 5.02 Å². The average molecular weight is 371 g/mol. The highest BCUT2D eigenvalue weighted by Gasteiger charge is 2.27. The number of rotatable bonds is 3. The molecule has 6 heteroatoms. The SMILES string of the molecule is O=C1CCC[C@@H]1Sc1nc2ccccc2c(=O)n1-c1ccc(Cl)cc1. The summed E-state index contributed by atoms with van der Waals surface area (Å²) in [5, 5.41) is 1.57. The van der Waals surface area contributed by atoms with Crippen molar-refractivity contribution in [3.05, 3.63) is 63.9 Å². The number of benzene rings is 2.